The lowest BCUT2D eigenvalue weighted by Crippen LogP contribution is -2.35. The molecule has 0 radical (unpaired) electrons. The first-order valence-corrected chi connectivity index (χ1v) is 6.34. The van der Waals surface area contributed by atoms with Crippen LogP contribution in [0, 0.1) is 5.92 Å². The Bertz CT molecular complexity index is 212. The van der Waals surface area contributed by atoms with Crippen LogP contribution in [0.5, 0.6) is 0 Å². The summed E-state index contributed by atoms with van der Waals surface area (Å²) in [5.41, 5.74) is 5.57. The van der Waals surface area contributed by atoms with E-state index in [1.807, 2.05) is 0 Å². The smallest absolute Gasteiger partial charge is 0.220 e. The van der Waals surface area contributed by atoms with Crippen LogP contribution in [0.25, 0.3) is 0 Å². The van der Waals surface area contributed by atoms with Gasteiger partial charge in [0.05, 0.1) is 0 Å². The molecule has 0 spiro atoms. The maximum Gasteiger partial charge on any atom is 0.220 e. The first-order chi connectivity index (χ1) is 7.67. The summed E-state index contributed by atoms with van der Waals surface area (Å²) in [6.45, 7) is 4.39. The van der Waals surface area contributed by atoms with E-state index in [-0.39, 0.29) is 5.91 Å². The van der Waals surface area contributed by atoms with Crippen molar-refractivity contribution in [3.8, 4) is 0 Å². The van der Waals surface area contributed by atoms with Crippen LogP contribution in [-0.2, 0) is 4.79 Å². The zero-order chi connectivity index (χ0) is 12.0. The van der Waals surface area contributed by atoms with Gasteiger partial charge in [-0.05, 0) is 32.4 Å². The molecule has 0 aromatic carbocycles. The minimum Gasteiger partial charge on any atom is -0.355 e. The lowest BCUT2D eigenvalue weighted by atomic mass is 10.0. The number of amides is 1. The van der Waals surface area contributed by atoms with E-state index in [1.54, 1.807) is 0 Å². The highest BCUT2D eigenvalue weighted by Gasteiger charge is 2.25. The summed E-state index contributed by atoms with van der Waals surface area (Å²) in [5, 5.41) is 2.96. The Morgan fingerprint density at radius 2 is 2.25 bits per heavy atom. The fraction of sp³-hybridized carbons (Fsp3) is 0.917. The predicted molar refractivity (Wildman–Crippen MR) is 66.1 cm³/mol. The topological polar surface area (TPSA) is 58.4 Å². The van der Waals surface area contributed by atoms with Crippen LogP contribution in [0.3, 0.4) is 0 Å². The average Bonchev–Trinajstić information content (AvgIpc) is 3.09. The summed E-state index contributed by atoms with van der Waals surface area (Å²) in [5.74, 6) is 0.475. The van der Waals surface area contributed by atoms with Crippen LogP contribution < -0.4 is 11.1 Å². The third-order valence-electron chi connectivity index (χ3n) is 3.34. The zero-order valence-electron chi connectivity index (χ0n) is 10.5. The Labute approximate surface area is 98.6 Å². The quantitative estimate of drug-likeness (QED) is 0.637. The Kier molecular flexibility index (Phi) is 5.77. The first-order valence-electron chi connectivity index (χ1n) is 6.34. The van der Waals surface area contributed by atoms with E-state index in [2.05, 4.69) is 24.2 Å². The zero-order valence-corrected chi connectivity index (χ0v) is 10.5. The van der Waals surface area contributed by atoms with E-state index in [1.165, 1.54) is 12.8 Å². The lowest BCUT2D eigenvalue weighted by Gasteiger charge is -2.16. The standard InChI is InChI=1S/C12H25N3O/c1-3-10(9-13)8-12(16)14-6-7-15(2)11-4-5-11/h10-11H,3-9,13H2,1-2H3,(H,14,16). The van der Waals surface area contributed by atoms with Crippen LogP contribution in [-0.4, -0.2) is 43.5 Å². The second-order valence-electron chi connectivity index (χ2n) is 4.78. The number of hydrogen-bond acceptors (Lipinski definition) is 3. The maximum atomic E-state index is 11.6. The van der Waals surface area contributed by atoms with Gasteiger partial charge in [0, 0.05) is 25.6 Å². The van der Waals surface area contributed by atoms with Gasteiger partial charge >= 0.3 is 0 Å². The normalized spacial score (nSPS) is 17.5. The number of carbonyl (C=O) groups excluding carboxylic acids is 1. The molecule has 1 unspecified atom stereocenters. The molecular weight excluding hydrogens is 202 g/mol. The molecular formula is C12H25N3O. The fourth-order valence-corrected chi connectivity index (χ4v) is 1.80. The van der Waals surface area contributed by atoms with Crippen molar-refractivity contribution in [2.75, 3.05) is 26.7 Å². The van der Waals surface area contributed by atoms with Crippen molar-refractivity contribution in [3.63, 3.8) is 0 Å². The van der Waals surface area contributed by atoms with Crippen molar-refractivity contribution >= 4 is 5.91 Å². The minimum atomic E-state index is 0.140. The van der Waals surface area contributed by atoms with Gasteiger partial charge in [-0.1, -0.05) is 13.3 Å². The maximum absolute atomic E-state index is 11.6. The Hall–Kier alpha value is -0.610. The van der Waals surface area contributed by atoms with Crippen LogP contribution in [0.15, 0.2) is 0 Å². The molecule has 1 amide bonds. The van der Waals surface area contributed by atoms with Crippen LogP contribution in [0.4, 0.5) is 0 Å². The van der Waals surface area contributed by atoms with Crippen molar-refractivity contribution in [2.45, 2.75) is 38.6 Å². The molecule has 1 atom stereocenters. The summed E-state index contributed by atoms with van der Waals surface area (Å²) in [4.78, 5) is 13.9. The van der Waals surface area contributed by atoms with Gasteiger partial charge in [-0.15, -0.1) is 0 Å². The molecule has 0 saturated heterocycles. The highest BCUT2D eigenvalue weighted by atomic mass is 16.1. The molecule has 4 nitrogen and oxygen atoms in total. The molecule has 1 aliphatic carbocycles. The molecule has 1 rings (SSSR count). The summed E-state index contributed by atoms with van der Waals surface area (Å²) in [6, 6.07) is 0.768. The van der Waals surface area contributed by atoms with Crippen molar-refractivity contribution in [1.82, 2.24) is 10.2 Å². The van der Waals surface area contributed by atoms with Crippen molar-refractivity contribution < 1.29 is 4.79 Å². The highest BCUT2D eigenvalue weighted by Crippen LogP contribution is 2.24. The predicted octanol–water partition coefficient (Wildman–Crippen LogP) is 0.572. The van der Waals surface area contributed by atoms with E-state index in [0.717, 1.165) is 25.6 Å². The number of nitrogens with zero attached hydrogens (tertiary/aromatic N) is 1. The molecule has 0 aromatic rings. The molecule has 1 saturated carbocycles. The molecule has 0 heterocycles. The van der Waals surface area contributed by atoms with Gasteiger partial charge in [-0.25, -0.2) is 0 Å². The third kappa shape index (κ3) is 4.94. The van der Waals surface area contributed by atoms with E-state index >= 15 is 0 Å². The number of hydrogen-bond donors (Lipinski definition) is 2. The summed E-state index contributed by atoms with van der Waals surface area (Å²) in [6.07, 6.45) is 4.18. The van der Waals surface area contributed by atoms with Crippen molar-refractivity contribution in [2.24, 2.45) is 11.7 Å². The third-order valence-corrected chi connectivity index (χ3v) is 3.34. The van der Waals surface area contributed by atoms with E-state index in [0.29, 0.717) is 18.9 Å². The Balaban J connectivity index is 2.04. The van der Waals surface area contributed by atoms with E-state index < -0.39 is 0 Å². The molecule has 0 aliphatic heterocycles. The van der Waals surface area contributed by atoms with Gasteiger partial charge in [0.1, 0.15) is 0 Å². The van der Waals surface area contributed by atoms with Crippen molar-refractivity contribution in [3.05, 3.63) is 0 Å². The van der Waals surface area contributed by atoms with Gasteiger partial charge in [0.15, 0.2) is 0 Å². The second-order valence-corrected chi connectivity index (χ2v) is 4.78. The van der Waals surface area contributed by atoms with Gasteiger partial charge in [-0.3, -0.25) is 4.79 Å². The number of rotatable bonds is 8. The van der Waals surface area contributed by atoms with Crippen LogP contribution in [0.1, 0.15) is 32.6 Å². The second kappa shape index (κ2) is 6.86. The lowest BCUT2D eigenvalue weighted by molar-refractivity contribution is -0.122. The van der Waals surface area contributed by atoms with E-state index in [9.17, 15) is 4.79 Å². The molecule has 0 aromatic heterocycles. The number of likely N-dealkylation sites (N-methyl/N-ethyl adjacent to an activating group) is 1. The van der Waals surface area contributed by atoms with Crippen LogP contribution >= 0.6 is 0 Å². The van der Waals surface area contributed by atoms with Crippen molar-refractivity contribution in [1.29, 1.82) is 0 Å². The Morgan fingerprint density at radius 1 is 1.56 bits per heavy atom. The Morgan fingerprint density at radius 3 is 2.75 bits per heavy atom. The molecule has 94 valence electrons. The molecule has 1 aliphatic rings. The molecule has 3 N–H and O–H groups in total. The van der Waals surface area contributed by atoms with Gasteiger partial charge in [-0.2, -0.15) is 0 Å². The first kappa shape index (κ1) is 13.5. The summed E-state index contributed by atoms with van der Waals surface area (Å²) in [7, 11) is 2.12. The molecule has 16 heavy (non-hydrogen) atoms. The largest absolute Gasteiger partial charge is 0.355 e. The number of nitrogens with one attached hydrogen (secondary N) is 1. The monoisotopic (exact) mass is 227 g/mol. The van der Waals surface area contributed by atoms with Gasteiger partial charge in [0.2, 0.25) is 5.91 Å². The van der Waals surface area contributed by atoms with E-state index in [4.69, 9.17) is 5.73 Å². The fourth-order valence-electron chi connectivity index (χ4n) is 1.80. The minimum absolute atomic E-state index is 0.140. The SMILES string of the molecule is CCC(CN)CC(=O)NCCN(C)C1CC1. The van der Waals surface area contributed by atoms with Crippen LogP contribution in [0.2, 0.25) is 0 Å². The molecule has 4 heteroatoms. The molecule has 0 bridgehead atoms. The number of carbonyl (C=O) groups is 1. The van der Waals surface area contributed by atoms with Gasteiger partial charge < -0.3 is 16.0 Å². The highest BCUT2D eigenvalue weighted by molar-refractivity contribution is 5.76. The summed E-state index contributed by atoms with van der Waals surface area (Å²) >= 11 is 0. The average molecular weight is 227 g/mol. The summed E-state index contributed by atoms with van der Waals surface area (Å²) < 4.78 is 0. The molecule has 1 fully saturated rings. The van der Waals surface area contributed by atoms with Gasteiger partial charge in [0.25, 0.3) is 0 Å². The number of nitrogens with two attached hydrogens (primary N) is 1.